The number of nitrogen functional groups attached to an aromatic ring is 1. The molecule has 6 heteroatoms. The summed E-state index contributed by atoms with van der Waals surface area (Å²) in [7, 11) is 1.57. The number of methoxy groups -OCH3 is 1. The fraction of sp³-hybridized carbons (Fsp3) is 0.350. The molecule has 1 aliphatic heterocycles. The zero-order chi connectivity index (χ0) is 17.9. The van der Waals surface area contributed by atoms with E-state index in [1.54, 1.807) is 25.3 Å². The Labute approximate surface area is 160 Å². The maximum Gasteiger partial charge on any atom is 0.235 e. The van der Waals surface area contributed by atoms with Crippen molar-refractivity contribution in [1.82, 2.24) is 0 Å². The van der Waals surface area contributed by atoms with Gasteiger partial charge in [0.15, 0.2) is 0 Å². The van der Waals surface area contributed by atoms with Gasteiger partial charge in [-0.05, 0) is 43.5 Å². The topological polar surface area (TPSA) is 73.6 Å². The molecule has 2 aromatic rings. The van der Waals surface area contributed by atoms with Crippen LogP contribution in [0, 0.1) is 6.92 Å². The van der Waals surface area contributed by atoms with Gasteiger partial charge >= 0.3 is 0 Å². The normalized spacial score (nSPS) is 15.6. The third kappa shape index (κ3) is 3.94. The van der Waals surface area contributed by atoms with E-state index >= 15 is 0 Å². The van der Waals surface area contributed by atoms with Crippen molar-refractivity contribution in [3.8, 4) is 5.75 Å². The average molecular weight is 377 g/mol. The number of carbonyl (C=O) groups is 1. The summed E-state index contributed by atoms with van der Waals surface area (Å²) in [6.45, 7) is 3.19. The molecule has 5 nitrogen and oxygen atoms in total. The van der Waals surface area contributed by atoms with E-state index in [9.17, 15) is 4.79 Å². The van der Waals surface area contributed by atoms with Crippen LogP contribution in [0.3, 0.4) is 0 Å². The van der Waals surface area contributed by atoms with Gasteiger partial charge in [-0.15, -0.1) is 12.4 Å². The number of halogens is 1. The molecule has 0 aliphatic carbocycles. The molecule has 0 aromatic heterocycles. The monoisotopic (exact) mass is 376 g/mol. The summed E-state index contributed by atoms with van der Waals surface area (Å²) in [5, 5.41) is 3.03. The van der Waals surface area contributed by atoms with Crippen LogP contribution in [-0.4, -0.2) is 26.2 Å². The first-order chi connectivity index (χ1) is 12.0. The molecule has 3 rings (SSSR count). The predicted molar refractivity (Wildman–Crippen MR) is 106 cm³/mol. The average Bonchev–Trinajstić information content (AvgIpc) is 2.63. The van der Waals surface area contributed by atoms with Crippen molar-refractivity contribution in [2.45, 2.75) is 25.2 Å². The van der Waals surface area contributed by atoms with Crippen LogP contribution in [0.5, 0.6) is 5.75 Å². The lowest BCUT2D eigenvalue weighted by atomic mass is 9.73. The number of nitrogens with one attached hydrogen (secondary N) is 1. The fourth-order valence-electron chi connectivity index (χ4n) is 3.30. The highest BCUT2D eigenvalue weighted by molar-refractivity contribution is 5.99. The number of aryl methyl sites for hydroxylation is 1. The van der Waals surface area contributed by atoms with Crippen molar-refractivity contribution in [3.05, 3.63) is 53.6 Å². The van der Waals surface area contributed by atoms with E-state index in [0.717, 1.165) is 5.56 Å². The molecular formula is C20H25ClN2O3. The van der Waals surface area contributed by atoms with Gasteiger partial charge in [-0.2, -0.15) is 0 Å². The number of hydrogen-bond acceptors (Lipinski definition) is 4. The predicted octanol–water partition coefficient (Wildman–Crippen LogP) is 3.69. The van der Waals surface area contributed by atoms with Crippen molar-refractivity contribution in [2.75, 3.05) is 31.4 Å². The van der Waals surface area contributed by atoms with E-state index in [1.165, 1.54) is 5.56 Å². The molecule has 0 saturated carbocycles. The molecule has 26 heavy (non-hydrogen) atoms. The molecular weight excluding hydrogens is 352 g/mol. The summed E-state index contributed by atoms with van der Waals surface area (Å²) in [5.74, 6) is 0.571. The molecule has 1 saturated heterocycles. The number of anilines is 2. The Morgan fingerprint density at radius 2 is 1.81 bits per heavy atom. The molecule has 0 radical (unpaired) electrons. The van der Waals surface area contributed by atoms with Crippen LogP contribution in [0.15, 0.2) is 42.5 Å². The SMILES string of the molecule is COc1ccc(NC(=O)C2(c3ccc(C)cc3)CCOCC2)cc1N.Cl. The van der Waals surface area contributed by atoms with Gasteiger partial charge in [0.05, 0.1) is 18.2 Å². The smallest absolute Gasteiger partial charge is 0.235 e. The fourth-order valence-corrected chi connectivity index (χ4v) is 3.30. The Morgan fingerprint density at radius 1 is 1.15 bits per heavy atom. The first kappa shape index (κ1) is 20.1. The number of ether oxygens (including phenoxy) is 2. The van der Waals surface area contributed by atoms with E-state index in [2.05, 4.69) is 5.32 Å². The standard InChI is InChI=1S/C20H24N2O3.ClH/c1-14-3-5-15(6-4-14)20(9-11-25-12-10-20)19(23)22-16-7-8-18(24-2)17(21)13-16;/h3-8,13H,9-12,21H2,1-2H3,(H,22,23);1H. The second kappa shape index (κ2) is 8.43. The van der Waals surface area contributed by atoms with Crippen LogP contribution < -0.4 is 15.8 Å². The Kier molecular flexibility index (Phi) is 6.51. The third-order valence-corrected chi connectivity index (χ3v) is 4.87. The van der Waals surface area contributed by atoms with Gasteiger partial charge in [0, 0.05) is 18.9 Å². The second-order valence-electron chi connectivity index (χ2n) is 6.47. The molecule has 2 aromatic carbocycles. The van der Waals surface area contributed by atoms with Crippen molar-refractivity contribution in [3.63, 3.8) is 0 Å². The minimum absolute atomic E-state index is 0. The van der Waals surface area contributed by atoms with Crippen molar-refractivity contribution in [1.29, 1.82) is 0 Å². The zero-order valence-corrected chi connectivity index (χ0v) is 15.9. The number of amides is 1. The van der Waals surface area contributed by atoms with Crippen LogP contribution in [-0.2, 0) is 14.9 Å². The lowest BCUT2D eigenvalue weighted by Gasteiger charge is -2.36. The first-order valence-electron chi connectivity index (χ1n) is 8.45. The number of nitrogens with two attached hydrogens (primary N) is 1. The van der Waals surface area contributed by atoms with Gasteiger partial charge in [-0.3, -0.25) is 4.79 Å². The summed E-state index contributed by atoms with van der Waals surface area (Å²) in [6.07, 6.45) is 1.32. The van der Waals surface area contributed by atoms with Gasteiger partial charge in [-0.1, -0.05) is 29.8 Å². The van der Waals surface area contributed by atoms with Gasteiger partial charge in [0.1, 0.15) is 5.75 Å². The molecule has 0 unspecified atom stereocenters. The highest BCUT2D eigenvalue weighted by atomic mass is 35.5. The Bertz CT molecular complexity index is 756. The van der Waals surface area contributed by atoms with E-state index in [4.69, 9.17) is 15.2 Å². The number of benzene rings is 2. The Morgan fingerprint density at radius 3 is 2.38 bits per heavy atom. The second-order valence-corrected chi connectivity index (χ2v) is 6.47. The van der Waals surface area contributed by atoms with Crippen LogP contribution in [0.4, 0.5) is 11.4 Å². The number of hydrogen-bond donors (Lipinski definition) is 2. The highest BCUT2D eigenvalue weighted by Gasteiger charge is 2.41. The van der Waals surface area contributed by atoms with Gasteiger partial charge in [0.2, 0.25) is 5.91 Å². The maximum absolute atomic E-state index is 13.2. The highest BCUT2D eigenvalue weighted by Crippen LogP contribution is 2.37. The van der Waals surface area contributed by atoms with Crippen LogP contribution >= 0.6 is 12.4 Å². The van der Waals surface area contributed by atoms with Gasteiger partial charge in [0.25, 0.3) is 0 Å². The number of rotatable bonds is 4. The van der Waals surface area contributed by atoms with Crippen molar-refractivity contribution >= 4 is 29.7 Å². The minimum Gasteiger partial charge on any atom is -0.495 e. The lowest BCUT2D eigenvalue weighted by Crippen LogP contribution is -2.44. The van der Waals surface area contributed by atoms with Gasteiger partial charge in [-0.25, -0.2) is 0 Å². The summed E-state index contributed by atoms with van der Waals surface area (Å²) >= 11 is 0. The molecule has 1 amide bonds. The number of carbonyl (C=O) groups excluding carboxylic acids is 1. The van der Waals surface area contributed by atoms with E-state index in [1.807, 2.05) is 31.2 Å². The van der Waals surface area contributed by atoms with E-state index in [-0.39, 0.29) is 18.3 Å². The largest absolute Gasteiger partial charge is 0.495 e. The van der Waals surface area contributed by atoms with Crippen LogP contribution in [0.25, 0.3) is 0 Å². The zero-order valence-electron chi connectivity index (χ0n) is 15.1. The molecule has 1 heterocycles. The van der Waals surface area contributed by atoms with E-state index < -0.39 is 5.41 Å². The van der Waals surface area contributed by atoms with E-state index in [0.29, 0.717) is 43.2 Å². The Hall–Kier alpha value is -2.24. The molecule has 140 valence electrons. The van der Waals surface area contributed by atoms with Gasteiger partial charge < -0.3 is 20.5 Å². The summed E-state index contributed by atoms with van der Waals surface area (Å²) < 4.78 is 10.7. The minimum atomic E-state index is -0.583. The molecule has 1 aliphatic rings. The molecule has 1 fully saturated rings. The summed E-state index contributed by atoms with van der Waals surface area (Å²) in [5.41, 5.74) is 8.74. The Balaban J connectivity index is 0.00000243. The van der Waals surface area contributed by atoms with Crippen LogP contribution in [0.2, 0.25) is 0 Å². The molecule has 0 atom stereocenters. The lowest BCUT2D eigenvalue weighted by molar-refractivity contribution is -0.125. The maximum atomic E-state index is 13.2. The quantitative estimate of drug-likeness (QED) is 0.798. The van der Waals surface area contributed by atoms with Crippen molar-refractivity contribution in [2.24, 2.45) is 0 Å². The molecule has 0 bridgehead atoms. The third-order valence-electron chi connectivity index (χ3n) is 4.87. The molecule has 3 N–H and O–H groups in total. The van der Waals surface area contributed by atoms with Crippen molar-refractivity contribution < 1.29 is 14.3 Å². The van der Waals surface area contributed by atoms with Crippen LogP contribution in [0.1, 0.15) is 24.0 Å². The summed E-state index contributed by atoms with van der Waals surface area (Å²) in [4.78, 5) is 13.2. The summed E-state index contributed by atoms with van der Waals surface area (Å²) in [6, 6.07) is 13.5. The molecule has 0 spiro atoms. The first-order valence-corrected chi connectivity index (χ1v) is 8.45.